The van der Waals surface area contributed by atoms with Gasteiger partial charge in [-0.05, 0) is 24.0 Å². The van der Waals surface area contributed by atoms with Gasteiger partial charge in [-0.3, -0.25) is 5.32 Å². The van der Waals surface area contributed by atoms with Crippen LogP contribution in [-0.4, -0.2) is 45.9 Å². The van der Waals surface area contributed by atoms with Crippen LogP contribution in [0.1, 0.15) is 53.7 Å². The highest BCUT2D eigenvalue weighted by Crippen LogP contribution is 2.20. The van der Waals surface area contributed by atoms with Crippen molar-refractivity contribution in [1.29, 1.82) is 0 Å². The van der Waals surface area contributed by atoms with Crippen molar-refractivity contribution in [2.75, 3.05) is 25.0 Å². The molecule has 130 valence electrons. The minimum absolute atomic E-state index is 0.0193. The molecule has 1 aromatic rings. The van der Waals surface area contributed by atoms with Gasteiger partial charge in [-0.15, -0.1) is 5.10 Å². The standard InChI is InChI=1S/C17H30N4O2/c1-16(2,3)12-21(10-7-11-22)15(23)18-14-9-8-13(19-20-14)17(4,5)6/h8-9,22H,7,10-12H2,1-6H3,(H,18,20,23). The van der Waals surface area contributed by atoms with E-state index in [2.05, 4.69) is 57.1 Å². The number of nitrogens with one attached hydrogen (secondary N) is 1. The third kappa shape index (κ3) is 6.95. The second-order valence-electron chi connectivity index (χ2n) is 8.04. The van der Waals surface area contributed by atoms with Crippen molar-refractivity contribution in [2.45, 2.75) is 53.4 Å². The van der Waals surface area contributed by atoms with E-state index in [1.54, 1.807) is 11.0 Å². The Kier molecular flexibility index (Phi) is 6.50. The summed E-state index contributed by atoms with van der Waals surface area (Å²) in [5.74, 6) is 0.436. The predicted molar refractivity (Wildman–Crippen MR) is 92.5 cm³/mol. The van der Waals surface area contributed by atoms with E-state index in [0.717, 1.165) is 5.69 Å². The van der Waals surface area contributed by atoms with Gasteiger partial charge in [-0.25, -0.2) is 4.79 Å². The third-order valence-electron chi connectivity index (χ3n) is 3.21. The zero-order chi connectivity index (χ0) is 17.7. The molecular weight excluding hydrogens is 292 g/mol. The highest BCUT2D eigenvalue weighted by Gasteiger charge is 2.21. The van der Waals surface area contributed by atoms with E-state index in [0.29, 0.717) is 25.3 Å². The zero-order valence-electron chi connectivity index (χ0n) is 15.2. The van der Waals surface area contributed by atoms with Crippen molar-refractivity contribution >= 4 is 11.8 Å². The maximum Gasteiger partial charge on any atom is 0.323 e. The lowest BCUT2D eigenvalue weighted by atomic mass is 9.92. The quantitative estimate of drug-likeness (QED) is 0.873. The maximum absolute atomic E-state index is 12.4. The van der Waals surface area contributed by atoms with Crippen molar-refractivity contribution < 1.29 is 9.90 Å². The predicted octanol–water partition coefficient (Wildman–Crippen LogP) is 3.04. The highest BCUT2D eigenvalue weighted by atomic mass is 16.3. The maximum atomic E-state index is 12.4. The molecule has 0 aliphatic carbocycles. The molecule has 23 heavy (non-hydrogen) atoms. The first-order valence-corrected chi connectivity index (χ1v) is 8.04. The van der Waals surface area contributed by atoms with Crippen molar-refractivity contribution in [3.05, 3.63) is 17.8 Å². The number of nitrogens with zero attached hydrogens (tertiary/aromatic N) is 3. The molecule has 0 aromatic carbocycles. The van der Waals surface area contributed by atoms with E-state index in [4.69, 9.17) is 5.11 Å². The summed E-state index contributed by atoms with van der Waals surface area (Å²) in [6.07, 6.45) is 0.554. The summed E-state index contributed by atoms with van der Waals surface area (Å²) in [5, 5.41) is 20.1. The van der Waals surface area contributed by atoms with Gasteiger partial charge in [0, 0.05) is 25.1 Å². The number of hydrogen-bond acceptors (Lipinski definition) is 4. The fourth-order valence-electron chi connectivity index (χ4n) is 2.07. The molecule has 0 aliphatic rings. The number of aliphatic hydroxyl groups excluding tert-OH is 1. The summed E-state index contributed by atoms with van der Waals surface area (Å²) in [7, 11) is 0. The van der Waals surface area contributed by atoms with Gasteiger partial charge in [0.05, 0.1) is 5.69 Å². The number of anilines is 1. The smallest absolute Gasteiger partial charge is 0.323 e. The van der Waals surface area contributed by atoms with Gasteiger partial charge < -0.3 is 10.0 Å². The normalized spacial score (nSPS) is 12.1. The van der Waals surface area contributed by atoms with Crippen LogP contribution < -0.4 is 5.32 Å². The number of aromatic nitrogens is 2. The van der Waals surface area contributed by atoms with Gasteiger partial charge >= 0.3 is 6.03 Å². The minimum atomic E-state index is -0.216. The lowest BCUT2D eigenvalue weighted by Crippen LogP contribution is -2.41. The Hall–Kier alpha value is -1.69. The van der Waals surface area contributed by atoms with Crippen LogP contribution in [0.4, 0.5) is 10.6 Å². The second kappa shape index (κ2) is 7.73. The summed E-state index contributed by atoms with van der Waals surface area (Å²) < 4.78 is 0. The summed E-state index contributed by atoms with van der Waals surface area (Å²) in [6, 6.07) is 3.43. The van der Waals surface area contributed by atoms with E-state index < -0.39 is 0 Å². The average Bonchev–Trinajstić information content (AvgIpc) is 2.41. The van der Waals surface area contributed by atoms with Crippen molar-refractivity contribution in [3.8, 4) is 0 Å². The molecule has 0 saturated carbocycles. The molecule has 0 unspecified atom stereocenters. The van der Waals surface area contributed by atoms with Gasteiger partial charge in [0.1, 0.15) is 0 Å². The molecule has 6 nitrogen and oxygen atoms in total. The van der Waals surface area contributed by atoms with Gasteiger partial charge in [-0.1, -0.05) is 41.5 Å². The zero-order valence-corrected chi connectivity index (χ0v) is 15.2. The molecule has 0 radical (unpaired) electrons. The van der Waals surface area contributed by atoms with E-state index in [9.17, 15) is 4.79 Å². The SMILES string of the molecule is CC(C)(C)CN(CCCO)C(=O)Nc1ccc(C(C)(C)C)nn1. The van der Waals surface area contributed by atoms with Crippen LogP contribution in [0.2, 0.25) is 0 Å². The van der Waals surface area contributed by atoms with Crippen LogP contribution in [0.15, 0.2) is 12.1 Å². The first kappa shape index (κ1) is 19.4. The summed E-state index contributed by atoms with van der Waals surface area (Å²) in [6.45, 7) is 13.6. The van der Waals surface area contributed by atoms with Crippen LogP contribution in [0.3, 0.4) is 0 Å². The number of rotatable bonds is 5. The third-order valence-corrected chi connectivity index (χ3v) is 3.21. The van der Waals surface area contributed by atoms with Crippen molar-refractivity contribution in [1.82, 2.24) is 15.1 Å². The van der Waals surface area contributed by atoms with Crippen molar-refractivity contribution in [2.24, 2.45) is 5.41 Å². The Morgan fingerprint density at radius 3 is 2.26 bits per heavy atom. The average molecular weight is 322 g/mol. The fraction of sp³-hybridized carbons (Fsp3) is 0.706. The van der Waals surface area contributed by atoms with Crippen LogP contribution in [0.5, 0.6) is 0 Å². The topological polar surface area (TPSA) is 78.4 Å². The molecule has 0 spiro atoms. The van der Waals surface area contributed by atoms with E-state index in [1.807, 2.05) is 6.07 Å². The number of hydrogen-bond donors (Lipinski definition) is 2. The monoisotopic (exact) mass is 322 g/mol. The van der Waals surface area contributed by atoms with E-state index >= 15 is 0 Å². The number of carbonyl (C=O) groups excluding carboxylic acids is 1. The highest BCUT2D eigenvalue weighted by molar-refractivity contribution is 5.88. The van der Waals surface area contributed by atoms with Gasteiger partial charge in [0.2, 0.25) is 0 Å². The summed E-state index contributed by atoms with van der Waals surface area (Å²) in [5.41, 5.74) is 0.783. The molecule has 0 atom stereocenters. The molecule has 2 N–H and O–H groups in total. The molecule has 1 rings (SSSR count). The Morgan fingerprint density at radius 2 is 1.83 bits per heavy atom. The van der Waals surface area contributed by atoms with E-state index in [-0.39, 0.29) is 23.5 Å². The summed E-state index contributed by atoms with van der Waals surface area (Å²) in [4.78, 5) is 14.1. The molecule has 0 saturated heterocycles. The lowest BCUT2D eigenvalue weighted by Gasteiger charge is -2.30. The molecule has 0 aliphatic heterocycles. The van der Waals surface area contributed by atoms with Crippen molar-refractivity contribution in [3.63, 3.8) is 0 Å². The largest absolute Gasteiger partial charge is 0.396 e. The van der Waals surface area contributed by atoms with E-state index in [1.165, 1.54) is 0 Å². The minimum Gasteiger partial charge on any atom is -0.396 e. The van der Waals surface area contributed by atoms with Crippen LogP contribution >= 0.6 is 0 Å². The first-order chi connectivity index (χ1) is 10.5. The van der Waals surface area contributed by atoms with Gasteiger partial charge in [-0.2, -0.15) is 5.10 Å². The Labute approximate surface area is 139 Å². The molecular formula is C17H30N4O2. The molecule has 1 aromatic heterocycles. The lowest BCUT2D eigenvalue weighted by molar-refractivity contribution is 0.176. The molecule has 2 amide bonds. The summed E-state index contributed by atoms with van der Waals surface area (Å²) >= 11 is 0. The Morgan fingerprint density at radius 1 is 1.17 bits per heavy atom. The number of aliphatic hydroxyl groups is 1. The Balaban J connectivity index is 2.77. The Bertz CT molecular complexity index is 501. The molecule has 0 fully saturated rings. The second-order valence-corrected chi connectivity index (χ2v) is 8.04. The first-order valence-electron chi connectivity index (χ1n) is 8.04. The number of amides is 2. The van der Waals surface area contributed by atoms with Gasteiger partial charge in [0.25, 0.3) is 0 Å². The number of urea groups is 1. The van der Waals surface area contributed by atoms with Crippen LogP contribution in [0, 0.1) is 5.41 Å². The molecule has 1 heterocycles. The fourth-order valence-corrected chi connectivity index (χ4v) is 2.07. The molecule has 0 bridgehead atoms. The number of carbonyl (C=O) groups is 1. The van der Waals surface area contributed by atoms with Crippen LogP contribution in [0.25, 0.3) is 0 Å². The van der Waals surface area contributed by atoms with Crippen LogP contribution in [-0.2, 0) is 5.41 Å². The molecule has 6 heteroatoms. The van der Waals surface area contributed by atoms with Gasteiger partial charge in [0.15, 0.2) is 5.82 Å².